The van der Waals surface area contributed by atoms with Gasteiger partial charge in [0, 0.05) is 36.9 Å². The highest BCUT2D eigenvalue weighted by Crippen LogP contribution is 2.22. The Labute approximate surface area is 160 Å². The smallest absolute Gasteiger partial charge is 0.342 e. The molecule has 1 aliphatic rings. The minimum absolute atomic E-state index is 0.0478. The Morgan fingerprint density at radius 2 is 1.74 bits per heavy atom. The molecule has 1 heterocycles. The van der Waals surface area contributed by atoms with E-state index in [1.54, 1.807) is 17.0 Å². The molecule has 1 fully saturated rings. The summed E-state index contributed by atoms with van der Waals surface area (Å²) in [5, 5.41) is 10.0. The summed E-state index contributed by atoms with van der Waals surface area (Å²) >= 11 is 5.72. The Kier molecular flexibility index (Phi) is 5.81. The van der Waals surface area contributed by atoms with Crippen LogP contribution in [0.1, 0.15) is 10.4 Å². The number of carbonyl (C=O) groups is 2. The summed E-state index contributed by atoms with van der Waals surface area (Å²) in [5.41, 5.74) is 0.849. The molecule has 2 aromatic carbocycles. The van der Waals surface area contributed by atoms with Crippen molar-refractivity contribution in [2.24, 2.45) is 0 Å². The van der Waals surface area contributed by atoms with Gasteiger partial charge in [-0.2, -0.15) is 0 Å². The van der Waals surface area contributed by atoms with Crippen molar-refractivity contribution in [3.63, 3.8) is 0 Å². The van der Waals surface area contributed by atoms with Crippen LogP contribution < -0.4 is 4.90 Å². The lowest BCUT2D eigenvalue weighted by Gasteiger charge is -2.36. The van der Waals surface area contributed by atoms with E-state index in [4.69, 9.17) is 16.3 Å². The number of carbonyl (C=O) groups excluding carboxylic acids is 2. The van der Waals surface area contributed by atoms with Gasteiger partial charge in [-0.1, -0.05) is 11.6 Å². The standard InChI is InChI=1S/C19H18ClFN2O4/c20-13-1-6-16(17(24)11-13)19(26)27-12-18(25)23-9-7-22(8-10-23)15-4-2-14(21)3-5-15/h1-6,11,24H,7-10,12H2. The lowest BCUT2D eigenvalue weighted by Crippen LogP contribution is -2.49. The fourth-order valence-electron chi connectivity index (χ4n) is 2.84. The van der Waals surface area contributed by atoms with Crippen LogP contribution in [-0.4, -0.2) is 54.7 Å². The van der Waals surface area contributed by atoms with Crippen molar-refractivity contribution in [2.45, 2.75) is 0 Å². The first-order valence-electron chi connectivity index (χ1n) is 8.38. The molecule has 0 unspecified atom stereocenters. The van der Waals surface area contributed by atoms with Crippen molar-refractivity contribution >= 4 is 29.2 Å². The van der Waals surface area contributed by atoms with Crippen LogP contribution in [-0.2, 0) is 9.53 Å². The molecule has 0 aliphatic carbocycles. The van der Waals surface area contributed by atoms with Gasteiger partial charge in [0.25, 0.3) is 5.91 Å². The van der Waals surface area contributed by atoms with Gasteiger partial charge in [0.1, 0.15) is 17.1 Å². The number of halogens is 2. The third kappa shape index (κ3) is 4.68. The van der Waals surface area contributed by atoms with E-state index in [9.17, 15) is 19.1 Å². The van der Waals surface area contributed by atoms with E-state index >= 15 is 0 Å². The lowest BCUT2D eigenvalue weighted by molar-refractivity contribution is -0.134. The van der Waals surface area contributed by atoms with Gasteiger partial charge in [-0.3, -0.25) is 4.79 Å². The third-order valence-corrected chi connectivity index (χ3v) is 4.57. The first kappa shape index (κ1) is 19.0. The van der Waals surface area contributed by atoms with Crippen LogP contribution >= 0.6 is 11.6 Å². The molecule has 1 amide bonds. The Morgan fingerprint density at radius 1 is 1.07 bits per heavy atom. The molecular formula is C19H18ClFN2O4. The normalized spacial score (nSPS) is 14.1. The highest BCUT2D eigenvalue weighted by molar-refractivity contribution is 6.30. The van der Waals surface area contributed by atoms with Crippen molar-refractivity contribution in [1.82, 2.24) is 4.90 Å². The van der Waals surface area contributed by atoms with Crippen LogP contribution in [0.2, 0.25) is 5.02 Å². The average molecular weight is 393 g/mol. The molecule has 6 nitrogen and oxygen atoms in total. The predicted molar refractivity (Wildman–Crippen MR) is 98.6 cm³/mol. The fourth-order valence-corrected chi connectivity index (χ4v) is 3.01. The molecule has 1 N–H and O–H groups in total. The van der Waals surface area contributed by atoms with Crippen LogP contribution in [0.25, 0.3) is 0 Å². The van der Waals surface area contributed by atoms with Gasteiger partial charge in [-0.25, -0.2) is 9.18 Å². The van der Waals surface area contributed by atoms with Gasteiger partial charge in [0.2, 0.25) is 0 Å². The van der Waals surface area contributed by atoms with Gasteiger partial charge in [0.15, 0.2) is 6.61 Å². The number of hydrogen-bond acceptors (Lipinski definition) is 5. The summed E-state index contributed by atoms with van der Waals surface area (Å²) in [7, 11) is 0. The second kappa shape index (κ2) is 8.26. The highest BCUT2D eigenvalue weighted by atomic mass is 35.5. The number of ether oxygens (including phenoxy) is 1. The molecule has 142 valence electrons. The van der Waals surface area contributed by atoms with Crippen LogP contribution in [0.15, 0.2) is 42.5 Å². The molecule has 3 rings (SSSR count). The van der Waals surface area contributed by atoms with E-state index < -0.39 is 12.6 Å². The second-order valence-electron chi connectivity index (χ2n) is 6.08. The molecular weight excluding hydrogens is 375 g/mol. The number of phenols is 1. The van der Waals surface area contributed by atoms with Gasteiger partial charge in [0.05, 0.1) is 0 Å². The zero-order valence-corrected chi connectivity index (χ0v) is 15.2. The Morgan fingerprint density at radius 3 is 2.37 bits per heavy atom. The predicted octanol–water partition coefficient (Wildman–Crippen LogP) is 2.69. The molecule has 0 spiro atoms. The summed E-state index contributed by atoms with van der Waals surface area (Å²) in [6.45, 7) is 1.74. The van der Waals surface area contributed by atoms with E-state index in [1.165, 1.54) is 30.3 Å². The first-order valence-corrected chi connectivity index (χ1v) is 8.76. The molecule has 0 saturated carbocycles. The number of esters is 1. The van der Waals surface area contributed by atoms with Gasteiger partial charge < -0.3 is 19.6 Å². The molecule has 1 saturated heterocycles. The second-order valence-corrected chi connectivity index (χ2v) is 6.52. The summed E-state index contributed by atoms with van der Waals surface area (Å²) in [4.78, 5) is 27.9. The minimum atomic E-state index is -0.789. The lowest BCUT2D eigenvalue weighted by atomic mass is 10.2. The van der Waals surface area contributed by atoms with E-state index in [1.807, 2.05) is 0 Å². The Bertz CT molecular complexity index is 836. The SMILES string of the molecule is O=C(OCC(=O)N1CCN(c2ccc(F)cc2)CC1)c1ccc(Cl)cc1O. The third-order valence-electron chi connectivity index (χ3n) is 4.33. The van der Waals surface area contributed by atoms with Gasteiger partial charge in [-0.15, -0.1) is 0 Å². The molecule has 0 radical (unpaired) electrons. The number of hydrogen-bond donors (Lipinski definition) is 1. The summed E-state index contributed by atoms with van der Waals surface area (Å²) in [6.07, 6.45) is 0. The van der Waals surface area contributed by atoms with Crippen LogP contribution in [0, 0.1) is 5.82 Å². The van der Waals surface area contributed by atoms with Crippen molar-refractivity contribution in [3.8, 4) is 5.75 Å². The van der Waals surface area contributed by atoms with Crippen LogP contribution in [0.4, 0.5) is 10.1 Å². The molecule has 8 heteroatoms. The summed E-state index contributed by atoms with van der Waals surface area (Å²) in [5.74, 6) is -1.69. The quantitative estimate of drug-likeness (QED) is 0.810. The number of nitrogens with zero attached hydrogens (tertiary/aromatic N) is 2. The number of phenolic OH excluding ortho intramolecular Hbond substituents is 1. The van der Waals surface area contributed by atoms with Crippen molar-refractivity contribution in [3.05, 3.63) is 58.9 Å². The van der Waals surface area contributed by atoms with E-state index in [0.29, 0.717) is 31.2 Å². The Hall–Kier alpha value is -2.80. The van der Waals surface area contributed by atoms with Crippen molar-refractivity contribution < 1.29 is 23.8 Å². The van der Waals surface area contributed by atoms with Gasteiger partial charge >= 0.3 is 5.97 Å². The van der Waals surface area contributed by atoms with E-state index in [2.05, 4.69) is 4.90 Å². The molecule has 0 bridgehead atoms. The number of anilines is 1. The van der Waals surface area contributed by atoms with Crippen molar-refractivity contribution in [1.29, 1.82) is 0 Å². The molecule has 27 heavy (non-hydrogen) atoms. The zero-order valence-electron chi connectivity index (χ0n) is 14.4. The maximum atomic E-state index is 13.0. The molecule has 1 aliphatic heterocycles. The first-order chi connectivity index (χ1) is 12.9. The Balaban J connectivity index is 1.49. The fraction of sp³-hybridized carbons (Fsp3) is 0.263. The number of aromatic hydroxyl groups is 1. The monoisotopic (exact) mass is 392 g/mol. The number of benzene rings is 2. The van der Waals surface area contributed by atoms with Crippen molar-refractivity contribution in [2.75, 3.05) is 37.7 Å². The highest BCUT2D eigenvalue weighted by Gasteiger charge is 2.23. The van der Waals surface area contributed by atoms with Crippen LogP contribution in [0.5, 0.6) is 5.75 Å². The van der Waals surface area contributed by atoms with Crippen LogP contribution in [0.3, 0.4) is 0 Å². The minimum Gasteiger partial charge on any atom is -0.507 e. The van der Waals surface area contributed by atoms with E-state index in [0.717, 1.165) is 5.69 Å². The maximum absolute atomic E-state index is 13.0. The maximum Gasteiger partial charge on any atom is 0.342 e. The molecule has 2 aromatic rings. The molecule has 0 aromatic heterocycles. The summed E-state index contributed by atoms with van der Waals surface area (Å²) in [6, 6.07) is 10.2. The largest absolute Gasteiger partial charge is 0.507 e. The van der Waals surface area contributed by atoms with Gasteiger partial charge in [-0.05, 0) is 42.5 Å². The number of amides is 1. The zero-order chi connectivity index (χ0) is 19.4. The number of rotatable bonds is 4. The number of piperazine rings is 1. The molecule has 0 atom stereocenters. The summed E-state index contributed by atoms with van der Waals surface area (Å²) < 4.78 is 18.0. The average Bonchev–Trinajstić information content (AvgIpc) is 2.66. The topological polar surface area (TPSA) is 70.1 Å². The van der Waals surface area contributed by atoms with E-state index in [-0.39, 0.29) is 23.0 Å².